The van der Waals surface area contributed by atoms with Crippen LogP contribution in [-0.4, -0.2) is 69.6 Å². The van der Waals surface area contributed by atoms with Gasteiger partial charge in [-0.15, -0.1) is 18.3 Å². The van der Waals surface area contributed by atoms with E-state index in [0.29, 0.717) is 6.42 Å². The van der Waals surface area contributed by atoms with Gasteiger partial charge in [0.15, 0.2) is 0 Å². The summed E-state index contributed by atoms with van der Waals surface area (Å²) in [5.74, 6) is -2.02. The number of esters is 1. The van der Waals surface area contributed by atoms with Gasteiger partial charge in [-0.25, -0.2) is 0 Å². The lowest BCUT2D eigenvalue weighted by atomic mass is 9.71. The first-order chi connectivity index (χ1) is 17.4. The first-order valence-electron chi connectivity index (χ1n) is 12.6. The van der Waals surface area contributed by atoms with E-state index in [1.165, 1.54) is 0 Å². The highest BCUT2D eigenvalue weighted by molar-refractivity contribution is 8.02. The van der Waals surface area contributed by atoms with Gasteiger partial charge in [-0.05, 0) is 49.6 Å². The number of carbonyl (C=O) groups is 3. The number of hydrogen-bond acceptors (Lipinski definition) is 6. The third-order valence-electron chi connectivity index (χ3n) is 7.89. The summed E-state index contributed by atoms with van der Waals surface area (Å²) >= 11 is 1.60. The van der Waals surface area contributed by atoms with Gasteiger partial charge in [0.1, 0.15) is 6.04 Å². The lowest BCUT2D eigenvalue weighted by molar-refractivity contribution is -0.154. The molecule has 5 rings (SSSR count). The summed E-state index contributed by atoms with van der Waals surface area (Å²) in [5.41, 5.74) is 0.724. The first-order valence-corrected chi connectivity index (χ1v) is 13.4. The normalized spacial score (nSPS) is 29.3. The van der Waals surface area contributed by atoms with Gasteiger partial charge in [0, 0.05) is 17.5 Å². The van der Waals surface area contributed by atoms with Gasteiger partial charge in [-0.1, -0.05) is 36.4 Å². The molecule has 8 heteroatoms. The number of aliphatic hydroxyl groups excluding tert-OH is 1. The number of amides is 2. The van der Waals surface area contributed by atoms with E-state index in [1.54, 1.807) is 41.5 Å². The predicted molar refractivity (Wildman–Crippen MR) is 141 cm³/mol. The molecule has 36 heavy (non-hydrogen) atoms. The molecule has 2 unspecified atom stereocenters. The zero-order valence-electron chi connectivity index (χ0n) is 20.6. The lowest BCUT2D eigenvalue weighted by Gasteiger charge is -2.38. The molecule has 2 bridgehead atoms. The molecule has 3 saturated heterocycles. The molecule has 7 nitrogen and oxygen atoms in total. The summed E-state index contributed by atoms with van der Waals surface area (Å²) in [6, 6.07) is 12.5. The molecule has 190 valence electrons. The first kappa shape index (κ1) is 24.8. The summed E-state index contributed by atoms with van der Waals surface area (Å²) < 4.78 is 4.64. The Morgan fingerprint density at radius 3 is 2.75 bits per heavy atom. The summed E-state index contributed by atoms with van der Waals surface area (Å²) in [6.45, 7) is 7.63. The van der Waals surface area contributed by atoms with Crippen LogP contribution < -0.4 is 4.90 Å². The number of rotatable bonds is 8. The molecule has 0 radical (unpaired) electrons. The Balaban J connectivity index is 1.59. The van der Waals surface area contributed by atoms with Gasteiger partial charge < -0.3 is 19.6 Å². The second-order valence-corrected chi connectivity index (χ2v) is 11.5. The van der Waals surface area contributed by atoms with Crippen molar-refractivity contribution < 1.29 is 24.2 Å². The topological polar surface area (TPSA) is 87.2 Å². The van der Waals surface area contributed by atoms with Crippen LogP contribution in [0.2, 0.25) is 0 Å². The molecular weight excluding hydrogens is 476 g/mol. The summed E-state index contributed by atoms with van der Waals surface area (Å²) in [5, 5.41) is 12.1. The highest BCUT2D eigenvalue weighted by Crippen LogP contribution is 2.67. The average Bonchev–Trinajstić information content (AvgIpc) is 3.53. The minimum atomic E-state index is -0.794. The molecule has 2 aromatic carbocycles. The highest BCUT2D eigenvalue weighted by atomic mass is 32.2. The van der Waals surface area contributed by atoms with Crippen LogP contribution in [0.4, 0.5) is 5.69 Å². The molecule has 3 aliphatic rings. The SMILES string of the molecule is C=CCN(C(=O)C1N([C@H](C)CO)C(=O)[C@@H]2[C@@H](C(=O)OCC)[C@H]3CCC12S3)c1ccc2ccccc2c1. The monoisotopic (exact) mass is 508 g/mol. The fraction of sp³-hybridized carbons (Fsp3) is 0.464. The Bertz CT molecular complexity index is 1220. The second-order valence-electron chi connectivity index (χ2n) is 9.85. The van der Waals surface area contributed by atoms with Crippen molar-refractivity contribution in [2.75, 3.05) is 24.7 Å². The average molecular weight is 509 g/mol. The maximum atomic E-state index is 14.4. The van der Waals surface area contributed by atoms with E-state index in [-0.39, 0.29) is 42.8 Å². The maximum absolute atomic E-state index is 14.4. The van der Waals surface area contributed by atoms with Gasteiger partial charge in [-0.3, -0.25) is 14.4 Å². The Morgan fingerprint density at radius 1 is 1.31 bits per heavy atom. The molecule has 1 N–H and O–H groups in total. The number of fused-ring (bicyclic) bond motifs is 2. The standard InChI is InChI=1S/C28H32N2O5S/c1-4-14-29(20-11-10-18-8-6-7-9-19(18)15-20)26(33)24-28-13-12-21(36-28)22(27(34)35-5-2)23(28)25(32)30(24)17(3)16-31/h4,6-11,15,17,21-24,31H,1,5,12-14,16H2,2-3H3/t17-,21-,22+,23+,24?,28?/m1/s1. The number of hydrogen-bond donors (Lipinski definition) is 1. The van der Waals surface area contributed by atoms with Crippen molar-refractivity contribution in [2.45, 2.75) is 48.8 Å². The van der Waals surface area contributed by atoms with Crippen LogP contribution in [0.1, 0.15) is 26.7 Å². The van der Waals surface area contributed by atoms with Gasteiger partial charge in [-0.2, -0.15) is 0 Å². The van der Waals surface area contributed by atoms with Crippen molar-refractivity contribution in [2.24, 2.45) is 11.8 Å². The summed E-state index contributed by atoms with van der Waals surface area (Å²) in [7, 11) is 0. The molecule has 6 atom stereocenters. The van der Waals surface area contributed by atoms with Crippen LogP contribution in [0.25, 0.3) is 10.8 Å². The summed E-state index contributed by atoms with van der Waals surface area (Å²) in [6.07, 6.45) is 3.10. The van der Waals surface area contributed by atoms with Crippen LogP contribution >= 0.6 is 11.8 Å². The minimum Gasteiger partial charge on any atom is -0.466 e. The van der Waals surface area contributed by atoms with Crippen molar-refractivity contribution in [3.63, 3.8) is 0 Å². The number of anilines is 1. The van der Waals surface area contributed by atoms with Crippen molar-refractivity contribution in [1.29, 1.82) is 0 Å². The van der Waals surface area contributed by atoms with Gasteiger partial charge in [0.05, 0.1) is 35.8 Å². The van der Waals surface area contributed by atoms with Crippen molar-refractivity contribution in [3.05, 3.63) is 55.1 Å². The predicted octanol–water partition coefficient (Wildman–Crippen LogP) is 3.39. The molecule has 3 aliphatic heterocycles. The lowest BCUT2D eigenvalue weighted by Crippen LogP contribution is -2.57. The molecule has 0 saturated carbocycles. The van der Waals surface area contributed by atoms with E-state index in [2.05, 4.69) is 6.58 Å². The van der Waals surface area contributed by atoms with Crippen LogP contribution in [0.3, 0.4) is 0 Å². The third-order valence-corrected chi connectivity index (χ3v) is 9.84. The Labute approximate surface area is 215 Å². The van der Waals surface area contributed by atoms with Crippen LogP contribution in [0, 0.1) is 11.8 Å². The van der Waals surface area contributed by atoms with Gasteiger partial charge in [0.25, 0.3) is 5.91 Å². The number of benzene rings is 2. The fourth-order valence-corrected chi connectivity index (χ4v) is 8.57. The smallest absolute Gasteiger partial charge is 0.310 e. The Kier molecular flexibility index (Phi) is 6.59. The van der Waals surface area contributed by atoms with Crippen molar-refractivity contribution >= 4 is 46.0 Å². The molecule has 1 spiro atoms. The van der Waals surface area contributed by atoms with E-state index >= 15 is 0 Å². The molecule has 2 amide bonds. The highest BCUT2D eigenvalue weighted by Gasteiger charge is 2.74. The van der Waals surface area contributed by atoms with E-state index in [9.17, 15) is 19.5 Å². The molecule has 2 aromatic rings. The zero-order valence-corrected chi connectivity index (χ0v) is 21.4. The Hall–Kier alpha value is -2.84. The number of thioether (sulfide) groups is 1. The molecule has 3 fully saturated rings. The van der Waals surface area contributed by atoms with Gasteiger partial charge in [0.2, 0.25) is 5.91 Å². The molecule has 3 heterocycles. The molecule has 0 aromatic heterocycles. The fourth-order valence-electron chi connectivity index (χ4n) is 6.38. The van der Waals surface area contributed by atoms with Crippen molar-refractivity contribution in [1.82, 2.24) is 4.90 Å². The van der Waals surface area contributed by atoms with E-state index < -0.39 is 28.7 Å². The van der Waals surface area contributed by atoms with Crippen LogP contribution in [0.15, 0.2) is 55.1 Å². The maximum Gasteiger partial charge on any atom is 0.310 e. The quantitative estimate of drug-likeness (QED) is 0.435. The molecule has 0 aliphatic carbocycles. The second kappa shape index (κ2) is 9.56. The number of aliphatic hydroxyl groups is 1. The third kappa shape index (κ3) is 3.65. The van der Waals surface area contributed by atoms with E-state index in [4.69, 9.17) is 4.74 Å². The number of likely N-dealkylation sites (tertiary alicyclic amines) is 1. The Morgan fingerprint density at radius 2 is 2.06 bits per heavy atom. The number of nitrogens with zero attached hydrogens (tertiary/aromatic N) is 2. The number of carbonyl (C=O) groups excluding carboxylic acids is 3. The van der Waals surface area contributed by atoms with Gasteiger partial charge >= 0.3 is 5.97 Å². The zero-order chi connectivity index (χ0) is 25.6. The number of ether oxygens (including phenoxy) is 1. The largest absolute Gasteiger partial charge is 0.466 e. The molecular formula is C28H32N2O5S. The van der Waals surface area contributed by atoms with Crippen molar-refractivity contribution in [3.8, 4) is 0 Å². The van der Waals surface area contributed by atoms with Crippen LogP contribution in [0.5, 0.6) is 0 Å². The van der Waals surface area contributed by atoms with E-state index in [1.807, 2.05) is 42.5 Å². The summed E-state index contributed by atoms with van der Waals surface area (Å²) in [4.78, 5) is 44.5. The van der Waals surface area contributed by atoms with E-state index in [0.717, 1.165) is 22.9 Å². The van der Waals surface area contributed by atoms with Crippen LogP contribution in [-0.2, 0) is 19.1 Å². The minimum absolute atomic E-state index is 0.0478.